The molecule has 0 radical (unpaired) electrons. The number of para-hydroxylation sites is 2. The Morgan fingerprint density at radius 1 is 0.805 bits per heavy atom. The molecule has 0 amide bonds. The number of ether oxygens (including phenoxy) is 4. The summed E-state index contributed by atoms with van der Waals surface area (Å²) in [5.41, 5.74) is -0.00260. The molecule has 0 aromatic heterocycles. The second-order valence-corrected chi connectivity index (χ2v) is 10.9. The average Bonchev–Trinajstić information content (AvgIpc) is 2.97. The van der Waals surface area contributed by atoms with Gasteiger partial charge in [0.25, 0.3) is 6.47 Å². The van der Waals surface area contributed by atoms with Gasteiger partial charge >= 0.3 is 25.5 Å². The maximum absolute atomic E-state index is 14.4. The summed E-state index contributed by atoms with van der Waals surface area (Å²) in [6.45, 7) is 4.34. The SMILES string of the molecule is CCCCOC(=O)c1ccccc1OP(=O)(CC(CCOC=O)C(=O)OC)Oc1ccccc1C(=O)OCCCC. The lowest BCUT2D eigenvalue weighted by atomic mass is 10.1. The van der Waals surface area contributed by atoms with Gasteiger partial charge in [-0.05, 0) is 43.5 Å². The lowest BCUT2D eigenvalue weighted by Crippen LogP contribution is -2.25. The summed E-state index contributed by atoms with van der Waals surface area (Å²) in [5.74, 6) is -3.42. The number of unbranched alkanes of at least 4 members (excludes halogenated alkanes) is 2. The highest BCUT2D eigenvalue weighted by molar-refractivity contribution is 7.54. The molecule has 224 valence electrons. The van der Waals surface area contributed by atoms with Crippen LogP contribution in [-0.2, 0) is 33.1 Å². The molecular formula is C29H37O11P. The van der Waals surface area contributed by atoms with E-state index in [4.69, 9.17) is 28.0 Å². The van der Waals surface area contributed by atoms with Gasteiger partial charge < -0.3 is 28.0 Å². The maximum Gasteiger partial charge on any atom is 0.431 e. The average molecular weight is 593 g/mol. The number of carbonyl (C=O) groups is 4. The van der Waals surface area contributed by atoms with Crippen LogP contribution in [0, 0.1) is 5.92 Å². The molecule has 12 heteroatoms. The highest BCUT2D eigenvalue weighted by atomic mass is 31.2. The van der Waals surface area contributed by atoms with Crippen LogP contribution >= 0.6 is 7.60 Å². The maximum atomic E-state index is 14.4. The summed E-state index contributed by atoms with van der Waals surface area (Å²) in [4.78, 5) is 48.8. The minimum Gasteiger partial charge on any atom is -0.469 e. The molecule has 0 aliphatic rings. The third-order valence-corrected chi connectivity index (χ3v) is 7.62. The van der Waals surface area contributed by atoms with E-state index in [1.807, 2.05) is 13.8 Å². The van der Waals surface area contributed by atoms with Gasteiger partial charge in [0.05, 0.1) is 39.0 Å². The minimum absolute atomic E-state index is 0.00130. The summed E-state index contributed by atoms with van der Waals surface area (Å²) in [6, 6.07) is 12.0. The first-order valence-electron chi connectivity index (χ1n) is 13.4. The van der Waals surface area contributed by atoms with E-state index in [9.17, 15) is 23.7 Å². The van der Waals surface area contributed by atoms with Gasteiger partial charge in [-0.1, -0.05) is 51.0 Å². The normalized spacial score (nSPS) is 11.6. The predicted molar refractivity (Wildman–Crippen MR) is 149 cm³/mol. The van der Waals surface area contributed by atoms with Gasteiger partial charge in [-0.2, -0.15) is 0 Å². The van der Waals surface area contributed by atoms with Crippen molar-refractivity contribution in [1.29, 1.82) is 0 Å². The van der Waals surface area contributed by atoms with Gasteiger partial charge in [-0.25, -0.2) is 14.2 Å². The van der Waals surface area contributed by atoms with Gasteiger partial charge in [0.1, 0.15) is 22.6 Å². The fraction of sp³-hybridized carbons (Fsp3) is 0.448. The van der Waals surface area contributed by atoms with E-state index in [2.05, 4.69) is 0 Å². The highest BCUT2D eigenvalue weighted by Crippen LogP contribution is 2.52. The topological polar surface area (TPSA) is 141 Å². The molecule has 0 spiro atoms. The second-order valence-electron chi connectivity index (χ2n) is 8.92. The largest absolute Gasteiger partial charge is 0.469 e. The van der Waals surface area contributed by atoms with Crippen LogP contribution in [0.3, 0.4) is 0 Å². The quantitative estimate of drug-likeness (QED) is 0.0661. The molecule has 0 saturated carbocycles. The summed E-state index contributed by atoms with van der Waals surface area (Å²) >= 11 is 0. The fourth-order valence-corrected chi connectivity index (χ4v) is 5.55. The zero-order valence-electron chi connectivity index (χ0n) is 23.6. The second kappa shape index (κ2) is 17.8. The molecule has 0 N–H and O–H groups in total. The number of benzene rings is 2. The molecule has 11 nitrogen and oxygen atoms in total. The van der Waals surface area contributed by atoms with Gasteiger partial charge in [-0.3, -0.25) is 9.59 Å². The van der Waals surface area contributed by atoms with Crippen LogP contribution in [0.25, 0.3) is 0 Å². The van der Waals surface area contributed by atoms with E-state index in [0.717, 1.165) is 20.0 Å². The van der Waals surface area contributed by atoms with E-state index in [1.54, 1.807) is 24.3 Å². The number of rotatable bonds is 19. The Hall–Kier alpha value is -3.85. The summed E-state index contributed by atoms with van der Waals surface area (Å²) in [5, 5.41) is 0. The fourth-order valence-electron chi connectivity index (χ4n) is 3.58. The lowest BCUT2D eigenvalue weighted by Gasteiger charge is -2.25. The van der Waals surface area contributed by atoms with Crippen molar-refractivity contribution >= 4 is 32.0 Å². The van der Waals surface area contributed by atoms with Crippen molar-refractivity contribution in [2.45, 2.75) is 46.0 Å². The van der Waals surface area contributed by atoms with Crippen molar-refractivity contribution < 1.29 is 51.7 Å². The first-order chi connectivity index (χ1) is 19.8. The Kier molecular flexibility index (Phi) is 14.4. The van der Waals surface area contributed by atoms with Crippen molar-refractivity contribution in [2.24, 2.45) is 5.92 Å². The van der Waals surface area contributed by atoms with E-state index >= 15 is 0 Å². The van der Waals surface area contributed by atoms with Gasteiger partial charge in [0.2, 0.25) is 0 Å². The van der Waals surface area contributed by atoms with Crippen LogP contribution in [0.2, 0.25) is 0 Å². The number of hydrogen-bond acceptors (Lipinski definition) is 11. The molecule has 0 aliphatic carbocycles. The number of hydrogen-bond donors (Lipinski definition) is 0. The van der Waals surface area contributed by atoms with Crippen LogP contribution in [0.5, 0.6) is 11.5 Å². The summed E-state index contributed by atoms with van der Waals surface area (Å²) < 4.78 is 46.4. The zero-order chi connectivity index (χ0) is 30.1. The Balaban J connectivity index is 2.49. The highest BCUT2D eigenvalue weighted by Gasteiger charge is 2.38. The van der Waals surface area contributed by atoms with Crippen LogP contribution in [-0.4, -0.2) is 57.5 Å². The van der Waals surface area contributed by atoms with Crippen molar-refractivity contribution in [1.82, 2.24) is 0 Å². The van der Waals surface area contributed by atoms with E-state index in [1.165, 1.54) is 24.3 Å². The molecule has 41 heavy (non-hydrogen) atoms. The molecule has 2 rings (SSSR count). The number of methoxy groups -OCH3 is 1. The molecule has 2 aromatic carbocycles. The standard InChI is InChI=1S/C29H37O11P/c1-4-6-17-37-28(32)23-12-8-10-14-25(23)39-41(34,20-22(27(31)35-3)16-19-36-21-30)40-26-15-11-9-13-24(26)29(33)38-18-7-5-2/h8-15,21-22H,4-7,16-20H2,1-3H3. The van der Waals surface area contributed by atoms with Crippen LogP contribution in [0.1, 0.15) is 66.7 Å². The number of carbonyl (C=O) groups excluding carboxylic acids is 4. The van der Waals surface area contributed by atoms with Crippen molar-refractivity contribution in [3.05, 3.63) is 59.7 Å². The Bertz CT molecular complexity index is 1130. The first-order valence-corrected chi connectivity index (χ1v) is 15.1. The van der Waals surface area contributed by atoms with Gasteiger partial charge in [0.15, 0.2) is 0 Å². The molecule has 0 saturated heterocycles. The molecule has 0 heterocycles. The van der Waals surface area contributed by atoms with E-state index in [0.29, 0.717) is 12.8 Å². The summed E-state index contributed by atoms with van der Waals surface area (Å²) in [6.07, 6.45) is 2.37. The van der Waals surface area contributed by atoms with E-state index in [-0.39, 0.29) is 55.3 Å². The Labute approximate surface area is 239 Å². The Morgan fingerprint density at radius 3 is 1.73 bits per heavy atom. The van der Waals surface area contributed by atoms with Crippen molar-refractivity contribution in [2.75, 3.05) is 33.1 Å². The van der Waals surface area contributed by atoms with Crippen molar-refractivity contribution in [3.63, 3.8) is 0 Å². The molecule has 0 fully saturated rings. The molecule has 0 bridgehead atoms. The lowest BCUT2D eigenvalue weighted by molar-refractivity contribution is -0.146. The van der Waals surface area contributed by atoms with E-state index < -0.39 is 37.6 Å². The van der Waals surface area contributed by atoms with Gasteiger partial charge in [0, 0.05) is 0 Å². The Morgan fingerprint density at radius 2 is 1.29 bits per heavy atom. The minimum atomic E-state index is -4.39. The van der Waals surface area contributed by atoms with Crippen LogP contribution < -0.4 is 9.05 Å². The predicted octanol–water partition coefficient (Wildman–Crippen LogP) is 5.60. The van der Waals surface area contributed by atoms with Crippen LogP contribution in [0.4, 0.5) is 0 Å². The molecule has 1 unspecified atom stereocenters. The molecular weight excluding hydrogens is 555 g/mol. The third kappa shape index (κ3) is 10.9. The molecule has 2 aromatic rings. The zero-order valence-corrected chi connectivity index (χ0v) is 24.5. The monoisotopic (exact) mass is 592 g/mol. The number of esters is 3. The molecule has 1 atom stereocenters. The van der Waals surface area contributed by atoms with Crippen LogP contribution in [0.15, 0.2) is 48.5 Å². The molecule has 0 aliphatic heterocycles. The van der Waals surface area contributed by atoms with Gasteiger partial charge in [-0.15, -0.1) is 0 Å². The third-order valence-electron chi connectivity index (χ3n) is 5.78. The van der Waals surface area contributed by atoms with Crippen molar-refractivity contribution in [3.8, 4) is 11.5 Å². The first kappa shape index (κ1) is 33.4. The summed E-state index contributed by atoms with van der Waals surface area (Å²) in [7, 11) is -3.23. The smallest absolute Gasteiger partial charge is 0.431 e.